The summed E-state index contributed by atoms with van der Waals surface area (Å²) in [5, 5.41) is 0. The Kier molecular flexibility index (Phi) is 7.90. The van der Waals surface area contributed by atoms with E-state index >= 15 is 0 Å². The summed E-state index contributed by atoms with van der Waals surface area (Å²) in [6.45, 7) is 13.5. The summed E-state index contributed by atoms with van der Waals surface area (Å²) in [5.41, 5.74) is 2.67. The van der Waals surface area contributed by atoms with Crippen LogP contribution in [0.2, 0.25) is 0 Å². The van der Waals surface area contributed by atoms with Crippen LogP contribution in [-0.2, 0) is 4.74 Å². The zero-order chi connectivity index (χ0) is 24.3. The number of aromatic nitrogens is 1. The Morgan fingerprint density at radius 2 is 1.97 bits per heavy atom. The van der Waals surface area contributed by atoms with Crippen molar-refractivity contribution in [3.05, 3.63) is 57.6 Å². The van der Waals surface area contributed by atoms with Crippen molar-refractivity contribution in [1.82, 2.24) is 9.88 Å². The highest BCUT2D eigenvalue weighted by Crippen LogP contribution is 2.27. The second kappa shape index (κ2) is 10.3. The Bertz CT molecular complexity index is 1070. The number of carbonyl (C=O) groups is 1. The van der Waals surface area contributed by atoms with Gasteiger partial charge in [-0.25, -0.2) is 9.37 Å². The second-order valence-corrected chi connectivity index (χ2v) is 10.2. The first-order valence-corrected chi connectivity index (χ1v) is 11.8. The third-order valence-corrected chi connectivity index (χ3v) is 6.26. The van der Waals surface area contributed by atoms with Gasteiger partial charge >= 0.3 is 6.09 Å². The molecule has 1 aromatic heterocycles. The SMILES string of the molecule is CC1=[N+](C(=O)OC(C)(C)C)CCN(C[C@@H](Oc2cnc(Br)c(C)c2)c2ccc(C)c(F)c2)C1. The van der Waals surface area contributed by atoms with E-state index in [4.69, 9.17) is 9.47 Å². The van der Waals surface area contributed by atoms with E-state index in [9.17, 15) is 9.18 Å². The van der Waals surface area contributed by atoms with Gasteiger partial charge in [-0.15, -0.1) is 4.58 Å². The van der Waals surface area contributed by atoms with Gasteiger partial charge in [-0.05, 0) is 79.4 Å². The Balaban J connectivity index is 1.81. The maximum absolute atomic E-state index is 14.4. The van der Waals surface area contributed by atoms with E-state index in [1.54, 1.807) is 23.8 Å². The minimum absolute atomic E-state index is 0.260. The van der Waals surface area contributed by atoms with E-state index in [1.165, 1.54) is 6.07 Å². The molecule has 0 fully saturated rings. The highest BCUT2D eigenvalue weighted by atomic mass is 79.9. The molecule has 3 rings (SSSR count). The van der Waals surface area contributed by atoms with Crippen molar-refractivity contribution in [2.45, 2.75) is 53.2 Å². The number of rotatable bonds is 5. The molecule has 6 nitrogen and oxygen atoms in total. The number of pyridine rings is 1. The zero-order valence-electron chi connectivity index (χ0n) is 20.1. The number of ether oxygens (including phenoxy) is 2. The van der Waals surface area contributed by atoms with Crippen LogP contribution in [0.15, 0.2) is 35.1 Å². The fraction of sp³-hybridized carbons (Fsp3) is 0.480. The fourth-order valence-electron chi connectivity index (χ4n) is 3.66. The number of halogens is 2. The smallest absolute Gasteiger partial charge is 0.483 e. The highest BCUT2D eigenvalue weighted by molar-refractivity contribution is 9.10. The minimum Gasteiger partial charge on any atom is -0.483 e. The molecule has 0 saturated carbocycles. The molecule has 1 amide bonds. The van der Waals surface area contributed by atoms with E-state index in [-0.39, 0.29) is 11.9 Å². The van der Waals surface area contributed by atoms with Gasteiger partial charge in [0.25, 0.3) is 0 Å². The number of benzene rings is 1. The van der Waals surface area contributed by atoms with Gasteiger partial charge in [0, 0.05) is 13.5 Å². The lowest BCUT2D eigenvalue weighted by Crippen LogP contribution is -2.48. The third kappa shape index (κ3) is 6.84. The van der Waals surface area contributed by atoms with Crippen molar-refractivity contribution < 1.29 is 23.2 Å². The Labute approximate surface area is 203 Å². The lowest BCUT2D eigenvalue weighted by molar-refractivity contribution is -0.458. The van der Waals surface area contributed by atoms with Crippen LogP contribution in [-0.4, -0.2) is 58.0 Å². The maximum Gasteiger partial charge on any atom is 0.596 e. The average molecular weight is 521 g/mol. The van der Waals surface area contributed by atoms with E-state index in [1.807, 2.05) is 46.8 Å². The van der Waals surface area contributed by atoms with Gasteiger partial charge in [0.1, 0.15) is 27.9 Å². The first-order valence-electron chi connectivity index (χ1n) is 11.0. The lowest BCUT2D eigenvalue weighted by Gasteiger charge is -2.30. The molecule has 8 heteroatoms. The predicted octanol–water partition coefficient (Wildman–Crippen LogP) is 5.44. The number of nitrogens with zero attached hydrogens (tertiary/aromatic N) is 3. The summed E-state index contributed by atoms with van der Waals surface area (Å²) in [7, 11) is 0. The van der Waals surface area contributed by atoms with Crippen LogP contribution >= 0.6 is 15.9 Å². The molecular formula is C25H32BrFN3O3+. The third-order valence-electron chi connectivity index (χ3n) is 5.43. The summed E-state index contributed by atoms with van der Waals surface area (Å²) < 4.78 is 28.6. The molecule has 2 heterocycles. The van der Waals surface area contributed by atoms with Gasteiger partial charge in [0.15, 0.2) is 12.3 Å². The quantitative estimate of drug-likeness (QED) is 0.387. The summed E-state index contributed by atoms with van der Waals surface area (Å²) in [6, 6.07) is 7.11. The molecule has 33 heavy (non-hydrogen) atoms. The van der Waals surface area contributed by atoms with Crippen LogP contribution in [0.25, 0.3) is 0 Å². The molecule has 1 atom stereocenters. The van der Waals surface area contributed by atoms with E-state index in [2.05, 4.69) is 25.8 Å². The van der Waals surface area contributed by atoms with Crippen molar-refractivity contribution in [2.75, 3.05) is 26.2 Å². The molecule has 1 aliphatic rings. The van der Waals surface area contributed by atoms with Crippen molar-refractivity contribution in [3.63, 3.8) is 0 Å². The van der Waals surface area contributed by atoms with E-state index < -0.39 is 11.7 Å². The summed E-state index contributed by atoms with van der Waals surface area (Å²) in [5.74, 6) is 0.360. The molecule has 2 aromatic rings. The molecule has 178 valence electrons. The van der Waals surface area contributed by atoms with Crippen LogP contribution in [0.4, 0.5) is 9.18 Å². The summed E-state index contributed by atoms with van der Waals surface area (Å²) >= 11 is 3.41. The highest BCUT2D eigenvalue weighted by Gasteiger charge is 2.33. The normalized spacial score (nSPS) is 16.0. The van der Waals surface area contributed by atoms with Crippen molar-refractivity contribution in [3.8, 4) is 5.75 Å². The molecule has 0 spiro atoms. The van der Waals surface area contributed by atoms with Gasteiger partial charge in [-0.3, -0.25) is 4.90 Å². The van der Waals surface area contributed by atoms with E-state index in [0.717, 1.165) is 21.4 Å². The maximum atomic E-state index is 14.4. The monoisotopic (exact) mass is 520 g/mol. The molecule has 0 radical (unpaired) electrons. The topological polar surface area (TPSA) is 54.7 Å². The number of carbonyl (C=O) groups excluding carboxylic acids is 1. The lowest BCUT2D eigenvalue weighted by atomic mass is 10.1. The Morgan fingerprint density at radius 3 is 2.58 bits per heavy atom. The second-order valence-electron chi connectivity index (χ2n) is 9.50. The van der Waals surface area contributed by atoms with Crippen LogP contribution in [0.3, 0.4) is 0 Å². The van der Waals surface area contributed by atoms with Crippen molar-refractivity contribution >= 4 is 27.7 Å². The van der Waals surface area contributed by atoms with Gasteiger partial charge in [-0.2, -0.15) is 4.79 Å². The number of aryl methyl sites for hydroxylation is 2. The molecule has 0 N–H and O–H groups in total. The van der Waals surface area contributed by atoms with Crippen molar-refractivity contribution in [2.24, 2.45) is 0 Å². The molecular weight excluding hydrogens is 489 g/mol. The van der Waals surface area contributed by atoms with Crippen LogP contribution in [0.1, 0.15) is 50.5 Å². The first-order chi connectivity index (χ1) is 15.4. The number of amides is 1. The molecule has 1 aromatic carbocycles. The van der Waals surface area contributed by atoms with Crippen LogP contribution in [0, 0.1) is 19.7 Å². The first kappa shape index (κ1) is 25.3. The summed E-state index contributed by atoms with van der Waals surface area (Å²) in [4.78, 5) is 19.1. The number of hydrogen-bond donors (Lipinski definition) is 0. The summed E-state index contributed by atoms with van der Waals surface area (Å²) in [6.07, 6.45) is 0.930. The molecule has 0 unspecified atom stereocenters. The molecule has 0 saturated heterocycles. The van der Waals surface area contributed by atoms with Gasteiger partial charge in [0.05, 0.1) is 19.3 Å². The molecule has 0 bridgehead atoms. The Hall–Kier alpha value is -2.32. The largest absolute Gasteiger partial charge is 0.596 e. The van der Waals surface area contributed by atoms with Crippen LogP contribution in [0.5, 0.6) is 5.75 Å². The molecule has 1 aliphatic heterocycles. The minimum atomic E-state index is -0.542. The fourth-order valence-corrected chi connectivity index (χ4v) is 3.87. The van der Waals surface area contributed by atoms with Crippen molar-refractivity contribution in [1.29, 1.82) is 0 Å². The standard InChI is InChI=1S/C25H32BrFN3O3/c1-16-7-8-19(12-21(16)27)22(32-20-11-17(2)23(26)28-13-20)15-29-9-10-30(18(3)14-29)24(31)33-25(4,5)6/h7-8,11-13,22H,9-10,14-15H2,1-6H3/q+1/t22-/m1/s1. The Morgan fingerprint density at radius 1 is 1.24 bits per heavy atom. The van der Waals surface area contributed by atoms with Gasteiger partial charge < -0.3 is 9.47 Å². The van der Waals surface area contributed by atoms with Gasteiger partial charge in [0.2, 0.25) is 0 Å². The zero-order valence-corrected chi connectivity index (χ0v) is 21.7. The predicted molar refractivity (Wildman–Crippen MR) is 130 cm³/mol. The average Bonchev–Trinajstić information content (AvgIpc) is 2.71. The van der Waals surface area contributed by atoms with Crippen LogP contribution < -0.4 is 4.74 Å². The molecule has 0 aliphatic carbocycles. The van der Waals surface area contributed by atoms with E-state index in [0.29, 0.717) is 37.5 Å². The van der Waals surface area contributed by atoms with Gasteiger partial charge in [-0.1, -0.05) is 12.1 Å². The number of hydrogen-bond acceptors (Lipinski definition) is 5.